The summed E-state index contributed by atoms with van der Waals surface area (Å²) in [5.41, 5.74) is 4.07. The molecular formula is C23H19N7O2. The van der Waals surface area contributed by atoms with Gasteiger partial charge in [0.25, 0.3) is 0 Å². The Bertz CT molecular complexity index is 1410. The number of fused-ring (bicyclic) bond motifs is 1. The average Bonchev–Trinajstić information content (AvgIpc) is 3.42. The van der Waals surface area contributed by atoms with E-state index in [-0.39, 0.29) is 6.61 Å². The minimum Gasteiger partial charge on any atom is -0.454 e. The highest BCUT2D eigenvalue weighted by molar-refractivity contribution is 6.05. The first-order chi connectivity index (χ1) is 15.6. The van der Waals surface area contributed by atoms with Crippen molar-refractivity contribution in [2.24, 2.45) is 7.05 Å². The summed E-state index contributed by atoms with van der Waals surface area (Å²) in [4.78, 5) is 17.9. The lowest BCUT2D eigenvalue weighted by Gasteiger charge is -2.09. The number of benzene rings is 2. The van der Waals surface area contributed by atoms with Crippen molar-refractivity contribution in [1.29, 1.82) is 0 Å². The molecule has 0 atom stereocenters. The molecular weight excluding hydrogens is 406 g/mol. The van der Waals surface area contributed by atoms with Crippen molar-refractivity contribution in [2.75, 3.05) is 0 Å². The highest BCUT2D eigenvalue weighted by Gasteiger charge is 2.21. The fraction of sp³-hybridized carbons (Fsp3) is 0.130. The van der Waals surface area contributed by atoms with Gasteiger partial charge >= 0.3 is 5.97 Å². The monoisotopic (exact) mass is 425 g/mol. The predicted molar refractivity (Wildman–Crippen MR) is 117 cm³/mol. The van der Waals surface area contributed by atoms with Crippen LogP contribution in [0.3, 0.4) is 0 Å². The summed E-state index contributed by atoms with van der Waals surface area (Å²) in [5.74, 6) is -0.0747. The Morgan fingerprint density at radius 1 is 1.03 bits per heavy atom. The highest BCUT2D eigenvalue weighted by atomic mass is 16.5. The first kappa shape index (κ1) is 19.6. The second kappa shape index (κ2) is 8.03. The van der Waals surface area contributed by atoms with Gasteiger partial charge in [-0.25, -0.2) is 9.78 Å². The fourth-order valence-electron chi connectivity index (χ4n) is 3.64. The highest BCUT2D eigenvalue weighted by Crippen LogP contribution is 2.27. The largest absolute Gasteiger partial charge is 0.454 e. The van der Waals surface area contributed by atoms with Crippen molar-refractivity contribution in [3.8, 4) is 16.9 Å². The van der Waals surface area contributed by atoms with Gasteiger partial charge in [-0.15, -0.1) is 5.10 Å². The van der Waals surface area contributed by atoms with Gasteiger partial charge in [-0.2, -0.15) is 9.78 Å². The molecule has 0 fully saturated rings. The van der Waals surface area contributed by atoms with E-state index >= 15 is 0 Å². The Morgan fingerprint density at radius 3 is 2.50 bits per heavy atom. The van der Waals surface area contributed by atoms with Gasteiger partial charge in [0.05, 0.1) is 28.0 Å². The Morgan fingerprint density at radius 2 is 1.75 bits per heavy atom. The van der Waals surface area contributed by atoms with Crippen LogP contribution < -0.4 is 0 Å². The molecule has 0 unspecified atom stereocenters. The van der Waals surface area contributed by atoms with E-state index in [1.807, 2.05) is 67.6 Å². The molecule has 0 aliphatic carbocycles. The number of pyridine rings is 1. The van der Waals surface area contributed by atoms with Gasteiger partial charge in [0.1, 0.15) is 0 Å². The zero-order valence-electron chi connectivity index (χ0n) is 17.5. The van der Waals surface area contributed by atoms with E-state index in [1.165, 1.54) is 0 Å². The predicted octanol–water partition coefficient (Wildman–Crippen LogP) is 3.28. The van der Waals surface area contributed by atoms with Gasteiger partial charge in [0.15, 0.2) is 18.1 Å². The van der Waals surface area contributed by atoms with Crippen molar-refractivity contribution in [1.82, 2.24) is 35.0 Å². The summed E-state index contributed by atoms with van der Waals surface area (Å²) in [5, 5.41) is 16.8. The molecule has 5 rings (SSSR count). The van der Waals surface area contributed by atoms with Gasteiger partial charge in [0.2, 0.25) is 0 Å². The van der Waals surface area contributed by atoms with Crippen molar-refractivity contribution in [3.05, 3.63) is 83.8 Å². The molecule has 9 nitrogen and oxygen atoms in total. The van der Waals surface area contributed by atoms with Crippen LogP contribution in [0.25, 0.3) is 28.0 Å². The number of carbonyl (C=O) groups is 1. The number of aryl methyl sites for hydroxylation is 2. The molecule has 0 N–H and O–H groups in total. The molecule has 0 saturated heterocycles. The second-order valence-corrected chi connectivity index (χ2v) is 7.25. The van der Waals surface area contributed by atoms with Crippen LogP contribution in [-0.4, -0.2) is 40.9 Å². The number of carbonyl (C=O) groups excluding carboxylic acids is 1. The molecule has 2 aromatic carbocycles. The molecule has 0 radical (unpaired) electrons. The van der Waals surface area contributed by atoms with E-state index < -0.39 is 5.97 Å². The first-order valence-electron chi connectivity index (χ1n) is 10.0. The third-order valence-electron chi connectivity index (χ3n) is 5.13. The number of tetrazole rings is 1. The van der Waals surface area contributed by atoms with Gasteiger partial charge in [-0.05, 0) is 35.5 Å². The Kier molecular flexibility index (Phi) is 4.91. The molecule has 3 heterocycles. The number of hydrogen-bond donors (Lipinski definition) is 0. The van der Waals surface area contributed by atoms with E-state index in [9.17, 15) is 4.79 Å². The van der Waals surface area contributed by atoms with Gasteiger partial charge in [0, 0.05) is 12.6 Å². The molecule has 9 heteroatoms. The molecule has 3 aromatic heterocycles. The summed E-state index contributed by atoms with van der Waals surface area (Å²) >= 11 is 0. The normalized spacial score (nSPS) is 11.1. The van der Waals surface area contributed by atoms with Gasteiger partial charge in [-0.1, -0.05) is 48.5 Å². The fourth-order valence-corrected chi connectivity index (χ4v) is 3.64. The smallest absolute Gasteiger partial charge is 0.339 e. The number of hydrogen-bond acceptors (Lipinski definition) is 7. The van der Waals surface area contributed by atoms with E-state index in [4.69, 9.17) is 9.72 Å². The molecule has 158 valence electrons. The number of ether oxygens (including phenoxy) is 1. The maximum Gasteiger partial charge on any atom is 0.339 e. The van der Waals surface area contributed by atoms with Gasteiger partial charge in [-0.3, -0.25) is 4.68 Å². The third-order valence-corrected chi connectivity index (χ3v) is 5.13. The molecule has 0 spiro atoms. The quantitative estimate of drug-likeness (QED) is 0.398. The topological polar surface area (TPSA) is 101 Å². The Labute approximate surface area is 183 Å². The van der Waals surface area contributed by atoms with Crippen LogP contribution in [0.4, 0.5) is 0 Å². The van der Waals surface area contributed by atoms with Crippen LogP contribution in [0.2, 0.25) is 0 Å². The van der Waals surface area contributed by atoms with Crippen molar-refractivity contribution >= 4 is 17.0 Å². The first-order valence-corrected chi connectivity index (χ1v) is 10.0. The number of para-hydroxylation sites is 1. The molecule has 0 aliphatic rings. The summed E-state index contributed by atoms with van der Waals surface area (Å²) in [6.07, 6.45) is 0. The molecule has 5 aromatic rings. The van der Waals surface area contributed by atoms with Crippen molar-refractivity contribution < 1.29 is 9.53 Å². The van der Waals surface area contributed by atoms with E-state index in [0.29, 0.717) is 33.8 Å². The maximum absolute atomic E-state index is 13.2. The second-order valence-electron chi connectivity index (χ2n) is 7.25. The summed E-state index contributed by atoms with van der Waals surface area (Å²) < 4.78 is 8.84. The van der Waals surface area contributed by atoms with E-state index in [1.54, 1.807) is 22.5 Å². The van der Waals surface area contributed by atoms with Crippen LogP contribution in [0.15, 0.2) is 66.7 Å². The lowest BCUT2D eigenvalue weighted by Crippen LogP contribution is -2.11. The minimum absolute atomic E-state index is 0.0788. The van der Waals surface area contributed by atoms with Crippen LogP contribution in [0.5, 0.6) is 0 Å². The SMILES string of the molecule is Cc1nn(C)c2nc(-c3ccccc3)cc(C(=O)OCc3nnnn3-c3ccccc3)c12. The molecule has 32 heavy (non-hydrogen) atoms. The van der Waals surface area contributed by atoms with Crippen LogP contribution in [0.1, 0.15) is 21.9 Å². The number of rotatable bonds is 5. The molecule has 0 saturated carbocycles. The lowest BCUT2D eigenvalue weighted by atomic mass is 10.1. The average molecular weight is 425 g/mol. The standard InChI is InChI=1S/C23H19N7O2/c1-15-21-18(13-19(16-9-5-3-6-10-16)24-22(21)29(2)26-15)23(31)32-14-20-25-27-28-30(20)17-11-7-4-8-12-17/h3-13H,14H2,1-2H3. The maximum atomic E-state index is 13.2. The molecule has 0 bridgehead atoms. The van der Waals surface area contributed by atoms with E-state index in [0.717, 1.165) is 11.3 Å². The zero-order valence-corrected chi connectivity index (χ0v) is 17.5. The van der Waals surface area contributed by atoms with Crippen LogP contribution in [0, 0.1) is 6.92 Å². The van der Waals surface area contributed by atoms with Gasteiger partial charge < -0.3 is 4.74 Å². The van der Waals surface area contributed by atoms with Crippen molar-refractivity contribution in [2.45, 2.75) is 13.5 Å². The number of nitrogens with zero attached hydrogens (tertiary/aromatic N) is 7. The third kappa shape index (κ3) is 3.49. The van der Waals surface area contributed by atoms with E-state index in [2.05, 4.69) is 20.6 Å². The number of esters is 1. The Balaban J connectivity index is 1.50. The molecule has 0 amide bonds. The summed E-state index contributed by atoms with van der Waals surface area (Å²) in [6.45, 7) is 1.77. The summed E-state index contributed by atoms with van der Waals surface area (Å²) in [7, 11) is 1.81. The summed E-state index contributed by atoms with van der Waals surface area (Å²) in [6, 6.07) is 20.8. The molecule has 0 aliphatic heterocycles. The van der Waals surface area contributed by atoms with Crippen molar-refractivity contribution in [3.63, 3.8) is 0 Å². The zero-order chi connectivity index (χ0) is 22.1. The van der Waals surface area contributed by atoms with Crippen LogP contribution >= 0.6 is 0 Å². The number of aromatic nitrogens is 7. The Hall–Kier alpha value is -4.40. The minimum atomic E-state index is -0.492. The lowest BCUT2D eigenvalue weighted by molar-refractivity contribution is 0.0461. The van der Waals surface area contributed by atoms with Crippen LogP contribution in [-0.2, 0) is 18.4 Å².